The summed E-state index contributed by atoms with van der Waals surface area (Å²) in [5, 5.41) is 1.16. The van der Waals surface area contributed by atoms with Gasteiger partial charge in [0.25, 0.3) is 0 Å². The Balaban J connectivity index is 2.47. The Bertz CT molecular complexity index is 504. The van der Waals surface area contributed by atoms with Crippen LogP contribution in [-0.2, 0) is 6.54 Å². The van der Waals surface area contributed by atoms with Gasteiger partial charge in [0.15, 0.2) is 0 Å². The third-order valence-electron chi connectivity index (χ3n) is 3.09. The average molecular weight is 229 g/mol. The number of nitrogens with zero attached hydrogens (tertiary/aromatic N) is 2. The summed E-state index contributed by atoms with van der Waals surface area (Å²) >= 11 is 0. The van der Waals surface area contributed by atoms with Crippen LogP contribution < -0.4 is 10.6 Å². The fraction of sp³-hybridized carbons (Fsp3) is 0.357. The molecule has 90 valence electrons. The first-order chi connectivity index (χ1) is 8.28. The maximum Gasteiger partial charge on any atom is 0.0703 e. The maximum atomic E-state index is 5.64. The number of anilines is 1. The molecule has 0 atom stereocenters. The lowest BCUT2D eigenvalue weighted by atomic mass is 10.1. The summed E-state index contributed by atoms with van der Waals surface area (Å²) in [5.41, 5.74) is 8.99. The fourth-order valence-corrected chi connectivity index (χ4v) is 2.06. The summed E-state index contributed by atoms with van der Waals surface area (Å²) in [6.07, 6.45) is 1.85. The van der Waals surface area contributed by atoms with Crippen LogP contribution in [0.2, 0.25) is 0 Å². The molecule has 0 spiro atoms. The number of fused-ring (bicyclic) bond motifs is 1. The summed E-state index contributed by atoms with van der Waals surface area (Å²) in [4.78, 5) is 6.73. The van der Waals surface area contributed by atoms with E-state index in [0.717, 1.165) is 29.6 Å². The van der Waals surface area contributed by atoms with Gasteiger partial charge in [-0.25, -0.2) is 0 Å². The van der Waals surface area contributed by atoms with E-state index in [-0.39, 0.29) is 0 Å². The van der Waals surface area contributed by atoms with E-state index in [1.165, 1.54) is 5.69 Å². The molecule has 0 unspecified atom stereocenters. The van der Waals surface area contributed by atoms with E-state index in [1.54, 1.807) is 0 Å². The van der Waals surface area contributed by atoms with Crippen LogP contribution in [0.25, 0.3) is 10.9 Å². The number of aromatic nitrogens is 1. The lowest BCUT2D eigenvalue weighted by Gasteiger charge is -2.21. The SMILES string of the molecule is CCN(CC)c1ccc2ncc(CN)cc2c1. The Hall–Kier alpha value is -1.61. The minimum absolute atomic E-state index is 0.540. The third kappa shape index (κ3) is 2.39. The minimum Gasteiger partial charge on any atom is -0.372 e. The van der Waals surface area contributed by atoms with Crippen molar-refractivity contribution in [3.8, 4) is 0 Å². The Morgan fingerprint density at radius 1 is 1.18 bits per heavy atom. The zero-order valence-electron chi connectivity index (χ0n) is 10.5. The molecule has 0 saturated carbocycles. The van der Waals surface area contributed by atoms with Gasteiger partial charge in [-0.2, -0.15) is 0 Å². The molecular formula is C14H19N3. The second kappa shape index (κ2) is 5.15. The van der Waals surface area contributed by atoms with Crippen LogP contribution in [0.3, 0.4) is 0 Å². The summed E-state index contributed by atoms with van der Waals surface area (Å²) in [5.74, 6) is 0. The number of nitrogens with two attached hydrogens (primary N) is 1. The van der Waals surface area contributed by atoms with E-state index in [9.17, 15) is 0 Å². The number of pyridine rings is 1. The summed E-state index contributed by atoms with van der Waals surface area (Å²) in [6, 6.07) is 8.51. The molecule has 2 N–H and O–H groups in total. The fourth-order valence-electron chi connectivity index (χ4n) is 2.06. The molecule has 3 nitrogen and oxygen atoms in total. The van der Waals surface area contributed by atoms with Gasteiger partial charge >= 0.3 is 0 Å². The highest BCUT2D eigenvalue weighted by Crippen LogP contribution is 2.21. The Labute approximate surface area is 102 Å². The molecule has 0 aliphatic heterocycles. The molecule has 0 radical (unpaired) electrons. The summed E-state index contributed by atoms with van der Waals surface area (Å²) in [7, 11) is 0. The van der Waals surface area contributed by atoms with E-state index in [1.807, 2.05) is 6.20 Å². The molecular weight excluding hydrogens is 210 g/mol. The second-order valence-corrected chi connectivity index (χ2v) is 4.10. The van der Waals surface area contributed by atoms with Gasteiger partial charge in [0.05, 0.1) is 5.52 Å². The molecule has 1 heterocycles. The molecule has 17 heavy (non-hydrogen) atoms. The smallest absolute Gasteiger partial charge is 0.0703 e. The van der Waals surface area contributed by atoms with Gasteiger partial charge in [-0.3, -0.25) is 4.98 Å². The van der Waals surface area contributed by atoms with Crippen molar-refractivity contribution in [2.24, 2.45) is 5.73 Å². The first-order valence-corrected chi connectivity index (χ1v) is 6.12. The van der Waals surface area contributed by atoms with Crippen molar-refractivity contribution in [2.45, 2.75) is 20.4 Å². The van der Waals surface area contributed by atoms with Gasteiger partial charge in [-0.05, 0) is 43.7 Å². The predicted molar refractivity (Wildman–Crippen MR) is 73.2 cm³/mol. The molecule has 0 fully saturated rings. The molecule has 0 aliphatic rings. The number of hydrogen-bond acceptors (Lipinski definition) is 3. The van der Waals surface area contributed by atoms with Crippen molar-refractivity contribution in [3.63, 3.8) is 0 Å². The van der Waals surface area contributed by atoms with Crippen LogP contribution >= 0.6 is 0 Å². The van der Waals surface area contributed by atoms with Gasteiger partial charge in [0.1, 0.15) is 0 Å². The van der Waals surface area contributed by atoms with Crippen molar-refractivity contribution >= 4 is 16.6 Å². The van der Waals surface area contributed by atoms with Crippen molar-refractivity contribution < 1.29 is 0 Å². The third-order valence-corrected chi connectivity index (χ3v) is 3.09. The van der Waals surface area contributed by atoms with Gasteiger partial charge in [0, 0.05) is 36.9 Å². The molecule has 2 aromatic rings. The van der Waals surface area contributed by atoms with Crippen molar-refractivity contribution in [3.05, 3.63) is 36.0 Å². The van der Waals surface area contributed by atoms with E-state index in [4.69, 9.17) is 5.73 Å². The molecule has 1 aromatic carbocycles. The molecule has 0 aliphatic carbocycles. The molecule has 0 bridgehead atoms. The summed E-state index contributed by atoms with van der Waals surface area (Å²) < 4.78 is 0. The lowest BCUT2D eigenvalue weighted by Crippen LogP contribution is -2.21. The highest BCUT2D eigenvalue weighted by atomic mass is 15.1. The Morgan fingerprint density at radius 3 is 2.59 bits per heavy atom. The predicted octanol–water partition coefficient (Wildman–Crippen LogP) is 2.54. The van der Waals surface area contributed by atoms with Gasteiger partial charge < -0.3 is 10.6 Å². The quantitative estimate of drug-likeness (QED) is 0.876. The molecule has 3 heteroatoms. The van der Waals surface area contributed by atoms with Gasteiger partial charge in [0.2, 0.25) is 0 Å². The standard InChI is InChI=1S/C14H19N3/c1-3-17(4-2)13-5-6-14-12(8-13)7-11(9-15)10-16-14/h5-8,10H,3-4,9,15H2,1-2H3. The zero-order chi connectivity index (χ0) is 12.3. The Kier molecular flexibility index (Phi) is 3.59. The Morgan fingerprint density at radius 2 is 1.94 bits per heavy atom. The van der Waals surface area contributed by atoms with Crippen LogP contribution in [0.15, 0.2) is 30.5 Å². The van der Waals surface area contributed by atoms with Crippen molar-refractivity contribution in [2.75, 3.05) is 18.0 Å². The van der Waals surface area contributed by atoms with Crippen LogP contribution in [0.5, 0.6) is 0 Å². The minimum atomic E-state index is 0.540. The number of rotatable bonds is 4. The van der Waals surface area contributed by atoms with E-state index in [0.29, 0.717) is 6.54 Å². The van der Waals surface area contributed by atoms with Crippen LogP contribution in [0, 0.1) is 0 Å². The number of hydrogen-bond donors (Lipinski definition) is 1. The average Bonchev–Trinajstić information content (AvgIpc) is 2.39. The lowest BCUT2D eigenvalue weighted by molar-refractivity contribution is 0.867. The van der Waals surface area contributed by atoms with Gasteiger partial charge in [-0.15, -0.1) is 0 Å². The first kappa shape index (κ1) is 11.9. The number of benzene rings is 1. The maximum absolute atomic E-state index is 5.64. The molecule has 1 aromatic heterocycles. The molecule has 0 saturated heterocycles. The first-order valence-electron chi connectivity index (χ1n) is 6.12. The van der Waals surface area contributed by atoms with E-state index in [2.05, 4.69) is 48.0 Å². The molecule has 0 amide bonds. The van der Waals surface area contributed by atoms with Crippen LogP contribution in [-0.4, -0.2) is 18.1 Å². The largest absolute Gasteiger partial charge is 0.372 e. The topological polar surface area (TPSA) is 42.2 Å². The van der Waals surface area contributed by atoms with E-state index >= 15 is 0 Å². The summed E-state index contributed by atoms with van der Waals surface area (Å²) in [6.45, 7) is 6.92. The van der Waals surface area contributed by atoms with E-state index < -0.39 is 0 Å². The van der Waals surface area contributed by atoms with Crippen LogP contribution in [0.1, 0.15) is 19.4 Å². The second-order valence-electron chi connectivity index (χ2n) is 4.10. The zero-order valence-corrected chi connectivity index (χ0v) is 10.5. The van der Waals surface area contributed by atoms with Crippen LogP contribution in [0.4, 0.5) is 5.69 Å². The van der Waals surface area contributed by atoms with Crippen molar-refractivity contribution in [1.82, 2.24) is 4.98 Å². The highest BCUT2D eigenvalue weighted by molar-refractivity contribution is 5.83. The normalized spacial score (nSPS) is 10.8. The monoisotopic (exact) mass is 229 g/mol. The molecule has 2 rings (SSSR count). The van der Waals surface area contributed by atoms with Gasteiger partial charge in [-0.1, -0.05) is 0 Å². The highest BCUT2D eigenvalue weighted by Gasteiger charge is 2.03. The van der Waals surface area contributed by atoms with Crippen molar-refractivity contribution in [1.29, 1.82) is 0 Å².